The zero-order chi connectivity index (χ0) is 23.9. The maximum Gasteiger partial charge on any atom is 0.338 e. The predicted octanol–water partition coefficient (Wildman–Crippen LogP) is 3.76. The van der Waals surface area contributed by atoms with Crippen LogP contribution in [0.25, 0.3) is 0 Å². The summed E-state index contributed by atoms with van der Waals surface area (Å²) < 4.78 is 31.8. The number of amides is 1. The molecule has 0 aliphatic rings. The zero-order valence-electron chi connectivity index (χ0n) is 18.1. The Kier molecular flexibility index (Phi) is 8.94. The van der Waals surface area contributed by atoms with Gasteiger partial charge >= 0.3 is 5.97 Å². The molecule has 8 nitrogen and oxygen atoms in total. The first-order valence-electron chi connectivity index (χ1n) is 10.0. The molecule has 2 rings (SSSR count). The van der Waals surface area contributed by atoms with E-state index in [0.717, 1.165) is 6.07 Å². The number of anilines is 1. The fourth-order valence-corrected chi connectivity index (χ4v) is 4.78. The molecular weight excluding hydrogens is 456 g/mol. The van der Waals surface area contributed by atoms with Gasteiger partial charge in [-0.3, -0.25) is 9.59 Å². The summed E-state index contributed by atoms with van der Waals surface area (Å²) in [6.07, 6.45) is 0.333. The summed E-state index contributed by atoms with van der Waals surface area (Å²) in [5, 5.41) is 2.65. The Hall–Kier alpha value is -2.75. The van der Waals surface area contributed by atoms with Crippen molar-refractivity contribution in [1.82, 2.24) is 4.31 Å². The number of ether oxygens (including phenoxy) is 1. The van der Waals surface area contributed by atoms with E-state index in [4.69, 9.17) is 16.3 Å². The summed E-state index contributed by atoms with van der Waals surface area (Å²) in [6, 6.07) is 9.96. The summed E-state index contributed by atoms with van der Waals surface area (Å²) >= 11 is 6.07. The average molecular weight is 481 g/mol. The maximum absolute atomic E-state index is 12.8. The largest absolute Gasteiger partial charge is 0.454 e. The highest BCUT2D eigenvalue weighted by atomic mass is 35.5. The molecule has 2 aromatic rings. The van der Waals surface area contributed by atoms with Crippen LogP contribution in [0.4, 0.5) is 5.69 Å². The number of hydrogen-bond donors (Lipinski definition) is 1. The molecule has 1 N–H and O–H groups in total. The lowest BCUT2D eigenvalue weighted by atomic mass is 10.1. The van der Waals surface area contributed by atoms with Gasteiger partial charge in [-0.1, -0.05) is 32.4 Å². The number of nitrogens with one attached hydrogen (secondary N) is 1. The molecule has 0 fully saturated rings. The van der Waals surface area contributed by atoms with E-state index in [-0.39, 0.29) is 34.5 Å². The first-order valence-corrected chi connectivity index (χ1v) is 11.9. The molecule has 0 spiro atoms. The van der Waals surface area contributed by atoms with Gasteiger partial charge in [0, 0.05) is 30.8 Å². The van der Waals surface area contributed by atoms with Crippen LogP contribution in [-0.4, -0.2) is 50.1 Å². The Bertz CT molecular complexity index is 1100. The molecule has 0 unspecified atom stereocenters. The van der Waals surface area contributed by atoms with E-state index in [1.165, 1.54) is 28.6 Å². The van der Waals surface area contributed by atoms with Gasteiger partial charge in [0.2, 0.25) is 15.9 Å². The topological polar surface area (TPSA) is 110 Å². The third kappa shape index (κ3) is 6.15. The van der Waals surface area contributed by atoms with Crippen molar-refractivity contribution in [3.05, 3.63) is 58.6 Å². The highest BCUT2D eigenvalue weighted by Crippen LogP contribution is 2.26. The number of hydrogen-bond acceptors (Lipinski definition) is 6. The summed E-state index contributed by atoms with van der Waals surface area (Å²) in [5.41, 5.74) is 0.812. The van der Waals surface area contributed by atoms with Gasteiger partial charge < -0.3 is 10.1 Å². The highest BCUT2D eigenvalue weighted by Gasteiger charge is 2.26. The van der Waals surface area contributed by atoms with E-state index in [1.54, 1.807) is 32.9 Å². The minimum atomic E-state index is -3.88. The Morgan fingerprint density at radius 2 is 1.56 bits per heavy atom. The molecule has 2 aromatic carbocycles. The van der Waals surface area contributed by atoms with Gasteiger partial charge in [0.15, 0.2) is 12.4 Å². The molecule has 172 valence electrons. The lowest BCUT2D eigenvalue weighted by Gasteiger charge is -2.19. The van der Waals surface area contributed by atoms with E-state index in [1.807, 2.05) is 0 Å². The van der Waals surface area contributed by atoms with Gasteiger partial charge in [-0.2, -0.15) is 4.31 Å². The minimum Gasteiger partial charge on any atom is -0.454 e. The van der Waals surface area contributed by atoms with Crippen molar-refractivity contribution in [2.75, 3.05) is 25.0 Å². The maximum atomic E-state index is 12.8. The van der Waals surface area contributed by atoms with E-state index in [9.17, 15) is 22.8 Å². The Morgan fingerprint density at radius 1 is 0.969 bits per heavy atom. The van der Waals surface area contributed by atoms with Gasteiger partial charge in [0.1, 0.15) is 4.90 Å². The molecule has 0 aliphatic heterocycles. The van der Waals surface area contributed by atoms with Crippen LogP contribution in [0.1, 0.15) is 47.9 Å². The summed E-state index contributed by atoms with van der Waals surface area (Å²) in [7, 11) is -3.88. The van der Waals surface area contributed by atoms with E-state index in [0.29, 0.717) is 17.7 Å². The van der Waals surface area contributed by atoms with Crippen molar-refractivity contribution in [1.29, 1.82) is 0 Å². The van der Waals surface area contributed by atoms with Crippen molar-refractivity contribution in [3.8, 4) is 0 Å². The van der Waals surface area contributed by atoms with Crippen LogP contribution in [0.15, 0.2) is 47.4 Å². The molecule has 0 radical (unpaired) electrons. The van der Waals surface area contributed by atoms with Gasteiger partial charge in [-0.25, -0.2) is 13.2 Å². The zero-order valence-corrected chi connectivity index (χ0v) is 19.6. The molecule has 0 bridgehead atoms. The number of ketones is 1. The molecule has 0 saturated carbocycles. The Morgan fingerprint density at radius 3 is 2.12 bits per heavy atom. The molecule has 0 saturated heterocycles. The first kappa shape index (κ1) is 25.5. The normalized spacial score (nSPS) is 11.3. The number of benzene rings is 2. The summed E-state index contributed by atoms with van der Waals surface area (Å²) in [6.45, 7) is 5.09. The van der Waals surface area contributed by atoms with Crippen molar-refractivity contribution < 1.29 is 27.5 Å². The first-order chi connectivity index (χ1) is 15.1. The number of Topliss-reactive ketones (excluding diaryl/α,β-unsaturated/α-hetero) is 1. The van der Waals surface area contributed by atoms with E-state index in [2.05, 4.69) is 5.32 Å². The van der Waals surface area contributed by atoms with Crippen LogP contribution >= 0.6 is 11.6 Å². The van der Waals surface area contributed by atoms with Gasteiger partial charge in [0.25, 0.3) is 0 Å². The Labute approximate surface area is 192 Å². The van der Waals surface area contributed by atoms with Gasteiger partial charge in [-0.15, -0.1) is 0 Å². The van der Waals surface area contributed by atoms with Crippen LogP contribution in [0.3, 0.4) is 0 Å². The number of sulfonamides is 1. The summed E-state index contributed by atoms with van der Waals surface area (Å²) in [5.74, 6) is -1.45. The number of carbonyl (C=O) groups is 3. The number of nitrogens with zero attached hydrogens (tertiary/aromatic N) is 1. The van der Waals surface area contributed by atoms with Crippen molar-refractivity contribution >= 4 is 45.0 Å². The number of halogens is 1. The van der Waals surface area contributed by atoms with E-state index < -0.39 is 28.4 Å². The lowest BCUT2D eigenvalue weighted by Crippen LogP contribution is -2.31. The third-order valence-corrected chi connectivity index (χ3v) is 7.17. The van der Waals surface area contributed by atoms with Crippen LogP contribution in [0.2, 0.25) is 5.02 Å². The van der Waals surface area contributed by atoms with Crippen LogP contribution in [0, 0.1) is 0 Å². The fourth-order valence-electron chi connectivity index (χ4n) is 2.82. The monoisotopic (exact) mass is 480 g/mol. The predicted molar refractivity (Wildman–Crippen MR) is 122 cm³/mol. The number of esters is 1. The number of rotatable bonds is 10. The standard InChI is InChI=1S/C22H25ClN2O6S/c1-4-21(27)24-17-10-7-15(8-11-17)19(26)14-31-22(28)16-9-12-18(23)20(13-16)32(29,30)25(5-2)6-3/h7-13H,4-6,14H2,1-3H3,(H,24,27). The molecule has 0 aromatic heterocycles. The van der Waals surface area contributed by atoms with Crippen LogP contribution in [-0.2, 0) is 19.6 Å². The quantitative estimate of drug-likeness (QED) is 0.409. The molecule has 1 amide bonds. The smallest absolute Gasteiger partial charge is 0.338 e. The minimum absolute atomic E-state index is 0.0141. The molecule has 0 atom stereocenters. The van der Waals surface area contributed by atoms with Gasteiger partial charge in [0.05, 0.1) is 10.6 Å². The fraction of sp³-hybridized carbons (Fsp3) is 0.318. The second kappa shape index (κ2) is 11.2. The number of carbonyl (C=O) groups excluding carboxylic acids is 3. The van der Waals surface area contributed by atoms with Crippen molar-refractivity contribution in [2.45, 2.75) is 32.1 Å². The average Bonchev–Trinajstić information content (AvgIpc) is 2.78. The van der Waals surface area contributed by atoms with Crippen molar-refractivity contribution in [3.63, 3.8) is 0 Å². The van der Waals surface area contributed by atoms with Crippen LogP contribution < -0.4 is 5.32 Å². The van der Waals surface area contributed by atoms with E-state index >= 15 is 0 Å². The molecule has 0 heterocycles. The van der Waals surface area contributed by atoms with Gasteiger partial charge in [-0.05, 0) is 42.5 Å². The molecule has 0 aliphatic carbocycles. The molecule has 10 heteroatoms. The van der Waals surface area contributed by atoms with Crippen LogP contribution in [0.5, 0.6) is 0 Å². The molecular formula is C22H25ClN2O6S. The lowest BCUT2D eigenvalue weighted by molar-refractivity contribution is -0.115. The molecule has 32 heavy (non-hydrogen) atoms. The second-order valence-electron chi connectivity index (χ2n) is 6.71. The van der Waals surface area contributed by atoms with Crippen molar-refractivity contribution in [2.24, 2.45) is 0 Å². The second-order valence-corrected chi connectivity index (χ2v) is 9.03. The summed E-state index contributed by atoms with van der Waals surface area (Å²) in [4.78, 5) is 36.0. The SMILES string of the molecule is CCC(=O)Nc1ccc(C(=O)COC(=O)c2ccc(Cl)c(S(=O)(=O)N(CC)CC)c2)cc1. The highest BCUT2D eigenvalue weighted by molar-refractivity contribution is 7.89. The Balaban J connectivity index is 2.10. The third-order valence-electron chi connectivity index (χ3n) is 4.64.